The Hall–Kier alpha value is -2.51. The van der Waals surface area contributed by atoms with Crippen molar-refractivity contribution >= 4 is 10.0 Å². The maximum atomic E-state index is 13.3. The third kappa shape index (κ3) is 3.54. The van der Waals surface area contributed by atoms with Crippen LogP contribution in [0.1, 0.15) is 26.7 Å². The Kier molecular flexibility index (Phi) is 4.46. The molecule has 1 aromatic heterocycles. The smallest absolute Gasteiger partial charge is 0.238 e. The number of hydrogen-bond acceptors (Lipinski definition) is 4. The molecule has 136 valence electrons. The summed E-state index contributed by atoms with van der Waals surface area (Å²) in [6.45, 7) is 5.80. The molecule has 0 amide bonds. The molecule has 0 unspecified atom stereocenters. The maximum Gasteiger partial charge on any atom is 0.238 e. The van der Waals surface area contributed by atoms with Crippen LogP contribution in [0.15, 0.2) is 57.8 Å². The molecule has 26 heavy (non-hydrogen) atoms. The van der Waals surface area contributed by atoms with E-state index in [1.165, 1.54) is 18.2 Å². The fourth-order valence-corrected chi connectivity index (χ4v) is 3.26. The molecule has 2 N–H and O–H groups in total. The molecule has 0 saturated heterocycles. The van der Waals surface area contributed by atoms with Gasteiger partial charge >= 0.3 is 0 Å². The van der Waals surface area contributed by atoms with Gasteiger partial charge in [0.15, 0.2) is 5.76 Å². The first-order valence-electron chi connectivity index (χ1n) is 7.97. The van der Waals surface area contributed by atoms with E-state index >= 15 is 0 Å². The highest BCUT2D eigenvalue weighted by Gasteiger charge is 2.27. The zero-order valence-electron chi connectivity index (χ0n) is 14.7. The molecule has 0 saturated carbocycles. The van der Waals surface area contributed by atoms with Crippen LogP contribution in [0, 0.1) is 5.82 Å². The minimum Gasteiger partial charge on any atom is -0.439 e. The average molecular weight is 374 g/mol. The van der Waals surface area contributed by atoms with Crippen molar-refractivity contribution in [3.05, 3.63) is 60.2 Å². The lowest BCUT2D eigenvalue weighted by molar-refractivity contribution is 0.399. The summed E-state index contributed by atoms with van der Waals surface area (Å²) < 4.78 is 43.2. The molecule has 1 heterocycles. The molecule has 2 aromatic carbocycles. The van der Waals surface area contributed by atoms with Crippen LogP contribution in [0.2, 0.25) is 0 Å². The number of sulfonamides is 1. The summed E-state index contributed by atoms with van der Waals surface area (Å²) in [4.78, 5) is 4.50. The van der Waals surface area contributed by atoms with Crippen LogP contribution in [0.4, 0.5) is 4.39 Å². The number of halogens is 1. The largest absolute Gasteiger partial charge is 0.439 e. The van der Waals surface area contributed by atoms with Gasteiger partial charge in [-0.2, -0.15) is 0 Å². The summed E-state index contributed by atoms with van der Waals surface area (Å²) in [7, 11) is -3.96. The molecule has 3 aromatic rings. The lowest BCUT2D eigenvalue weighted by atomic mass is 9.97. The van der Waals surface area contributed by atoms with Gasteiger partial charge in [-0.15, -0.1) is 0 Å². The zero-order chi connectivity index (χ0) is 19.1. The Morgan fingerprint density at radius 3 is 2.23 bits per heavy atom. The topological polar surface area (TPSA) is 86.2 Å². The Bertz CT molecular complexity index is 1050. The van der Waals surface area contributed by atoms with Gasteiger partial charge < -0.3 is 4.42 Å². The minimum atomic E-state index is -3.96. The molecule has 7 heteroatoms. The van der Waals surface area contributed by atoms with Gasteiger partial charge in [-0.3, -0.25) is 0 Å². The minimum absolute atomic E-state index is 0.0556. The highest BCUT2D eigenvalue weighted by Crippen LogP contribution is 2.38. The van der Waals surface area contributed by atoms with Gasteiger partial charge in [0.25, 0.3) is 0 Å². The number of oxazole rings is 1. The van der Waals surface area contributed by atoms with Crippen molar-refractivity contribution in [2.75, 3.05) is 0 Å². The van der Waals surface area contributed by atoms with E-state index in [4.69, 9.17) is 9.56 Å². The van der Waals surface area contributed by atoms with Crippen molar-refractivity contribution < 1.29 is 17.2 Å². The van der Waals surface area contributed by atoms with Gasteiger partial charge in [0.05, 0.1) is 4.90 Å². The number of rotatable bonds is 3. The van der Waals surface area contributed by atoms with E-state index in [2.05, 4.69) is 4.98 Å². The van der Waals surface area contributed by atoms with E-state index in [0.717, 1.165) is 0 Å². The molecular weight excluding hydrogens is 355 g/mol. The monoisotopic (exact) mass is 374 g/mol. The van der Waals surface area contributed by atoms with Crippen LogP contribution < -0.4 is 5.14 Å². The van der Waals surface area contributed by atoms with Crippen molar-refractivity contribution in [1.82, 2.24) is 4.98 Å². The summed E-state index contributed by atoms with van der Waals surface area (Å²) in [6.07, 6.45) is 0. The summed E-state index contributed by atoms with van der Waals surface area (Å²) in [5.74, 6) is 0.349. The van der Waals surface area contributed by atoms with Crippen molar-refractivity contribution in [2.45, 2.75) is 31.1 Å². The molecule has 0 aliphatic rings. The molecule has 3 rings (SSSR count). The second-order valence-corrected chi connectivity index (χ2v) is 8.52. The SMILES string of the molecule is CC(C)(C)c1nc(-c2ccc(F)cc2)c(-c2ccccc2S(N)(=O)=O)o1. The highest BCUT2D eigenvalue weighted by molar-refractivity contribution is 7.89. The first-order valence-corrected chi connectivity index (χ1v) is 9.51. The van der Waals surface area contributed by atoms with Gasteiger partial charge in [-0.05, 0) is 36.4 Å². The lowest BCUT2D eigenvalue weighted by Gasteiger charge is -2.12. The predicted molar refractivity (Wildman–Crippen MR) is 97.4 cm³/mol. The third-order valence-electron chi connectivity index (χ3n) is 3.82. The van der Waals surface area contributed by atoms with Gasteiger partial charge in [-0.1, -0.05) is 32.9 Å². The molecule has 0 radical (unpaired) electrons. The lowest BCUT2D eigenvalue weighted by Crippen LogP contribution is -2.13. The molecular formula is C19H19FN2O3S. The van der Waals surface area contributed by atoms with Crippen LogP contribution in [-0.4, -0.2) is 13.4 Å². The van der Waals surface area contributed by atoms with Crippen LogP contribution in [-0.2, 0) is 15.4 Å². The van der Waals surface area contributed by atoms with Crippen LogP contribution >= 0.6 is 0 Å². The summed E-state index contributed by atoms with van der Waals surface area (Å²) in [5, 5.41) is 5.36. The van der Waals surface area contributed by atoms with Crippen LogP contribution in [0.3, 0.4) is 0 Å². The molecule has 0 spiro atoms. The zero-order valence-corrected chi connectivity index (χ0v) is 15.5. The van der Waals surface area contributed by atoms with Crippen LogP contribution in [0.5, 0.6) is 0 Å². The molecule has 0 aliphatic heterocycles. The summed E-state index contributed by atoms with van der Waals surface area (Å²) in [5.41, 5.74) is 0.969. The Labute approximate surface area is 151 Å². The fourth-order valence-electron chi connectivity index (χ4n) is 2.53. The Morgan fingerprint density at radius 2 is 1.65 bits per heavy atom. The maximum absolute atomic E-state index is 13.3. The van der Waals surface area contributed by atoms with E-state index in [1.807, 2.05) is 20.8 Å². The number of nitrogens with zero attached hydrogens (tertiary/aromatic N) is 1. The Balaban J connectivity index is 2.31. The van der Waals surface area contributed by atoms with Gasteiger partial charge in [0, 0.05) is 16.5 Å². The molecule has 0 aliphatic carbocycles. The first kappa shape index (κ1) is 18.3. The second-order valence-electron chi connectivity index (χ2n) is 6.99. The first-order chi connectivity index (χ1) is 12.1. The van der Waals surface area contributed by atoms with E-state index < -0.39 is 15.4 Å². The molecule has 0 bridgehead atoms. The van der Waals surface area contributed by atoms with Gasteiger partial charge in [0.2, 0.25) is 15.9 Å². The fraction of sp³-hybridized carbons (Fsp3) is 0.211. The number of benzene rings is 2. The Morgan fingerprint density at radius 1 is 1.04 bits per heavy atom. The van der Waals surface area contributed by atoms with E-state index in [0.29, 0.717) is 22.7 Å². The summed E-state index contributed by atoms with van der Waals surface area (Å²) in [6, 6.07) is 12.1. The molecule has 0 atom stereocenters. The molecule has 0 fully saturated rings. The standard InChI is InChI=1S/C19H19FN2O3S/c1-19(2,3)18-22-16(12-8-10-13(20)11-9-12)17(25-18)14-6-4-5-7-15(14)26(21,23)24/h4-11H,1-3H3,(H2,21,23,24). The van der Waals surface area contributed by atoms with Crippen molar-refractivity contribution in [2.24, 2.45) is 5.14 Å². The highest BCUT2D eigenvalue weighted by atomic mass is 32.2. The van der Waals surface area contributed by atoms with E-state index in [-0.39, 0.29) is 16.5 Å². The predicted octanol–water partition coefficient (Wildman–Crippen LogP) is 4.09. The van der Waals surface area contributed by atoms with E-state index in [1.54, 1.807) is 30.3 Å². The summed E-state index contributed by atoms with van der Waals surface area (Å²) >= 11 is 0. The van der Waals surface area contributed by atoms with Gasteiger partial charge in [-0.25, -0.2) is 22.9 Å². The van der Waals surface area contributed by atoms with E-state index in [9.17, 15) is 12.8 Å². The second kappa shape index (κ2) is 6.34. The van der Waals surface area contributed by atoms with Crippen molar-refractivity contribution in [1.29, 1.82) is 0 Å². The van der Waals surface area contributed by atoms with Gasteiger partial charge in [0.1, 0.15) is 11.5 Å². The van der Waals surface area contributed by atoms with Crippen molar-refractivity contribution in [3.8, 4) is 22.6 Å². The number of hydrogen-bond donors (Lipinski definition) is 1. The number of nitrogens with two attached hydrogens (primary N) is 1. The quantitative estimate of drug-likeness (QED) is 0.748. The normalized spacial score (nSPS) is 12.3. The van der Waals surface area contributed by atoms with Crippen LogP contribution in [0.25, 0.3) is 22.6 Å². The van der Waals surface area contributed by atoms with Crippen molar-refractivity contribution in [3.63, 3.8) is 0 Å². The third-order valence-corrected chi connectivity index (χ3v) is 4.79. The number of aromatic nitrogens is 1. The number of primary sulfonamides is 1. The average Bonchev–Trinajstić information content (AvgIpc) is 3.00. The molecule has 5 nitrogen and oxygen atoms in total.